The topological polar surface area (TPSA) is 3.24 Å². The Kier molecular flexibility index (Phi) is 4.94. The monoisotopic (exact) mass is 289 g/mol. The van der Waals surface area contributed by atoms with Crippen molar-refractivity contribution in [1.29, 1.82) is 0 Å². The number of anilines is 1. The summed E-state index contributed by atoms with van der Waals surface area (Å²) < 4.78 is 0. The van der Waals surface area contributed by atoms with E-state index in [1.807, 2.05) is 12.1 Å². The maximum Gasteiger partial charge on any atom is 0.0467 e. The minimum atomic E-state index is 0.529. The molecule has 0 aliphatic rings. The van der Waals surface area contributed by atoms with Gasteiger partial charge in [0.05, 0.1) is 0 Å². The molecule has 0 N–H and O–H groups in total. The molecule has 0 saturated heterocycles. The average molecular weight is 291 g/mol. The largest absolute Gasteiger partial charge is 0.372 e. The maximum absolute atomic E-state index is 6.16. The van der Waals surface area contributed by atoms with Crippen LogP contribution in [0.5, 0.6) is 0 Å². The maximum atomic E-state index is 6.16. The van der Waals surface area contributed by atoms with Crippen molar-refractivity contribution in [1.82, 2.24) is 0 Å². The Morgan fingerprint density at radius 1 is 1.47 bits per heavy atom. The summed E-state index contributed by atoms with van der Waals surface area (Å²) in [7, 11) is 2.12. The molecule has 1 unspecified atom stereocenters. The summed E-state index contributed by atoms with van der Waals surface area (Å²) in [5.41, 5.74) is 2.38. The molecule has 0 radical (unpaired) electrons. The fourth-order valence-electron chi connectivity index (χ4n) is 1.52. The minimum Gasteiger partial charge on any atom is -0.372 e. The van der Waals surface area contributed by atoms with E-state index in [1.54, 1.807) is 0 Å². The molecular formula is C12H17BrClN. The lowest BCUT2D eigenvalue weighted by Crippen LogP contribution is -2.28. The number of hydrogen-bond acceptors (Lipinski definition) is 1. The van der Waals surface area contributed by atoms with Crippen molar-refractivity contribution in [2.24, 2.45) is 0 Å². The highest BCUT2D eigenvalue weighted by Crippen LogP contribution is 2.30. The number of nitrogens with zero attached hydrogens (tertiary/aromatic N) is 1. The smallest absolute Gasteiger partial charge is 0.0467 e. The van der Waals surface area contributed by atoms with Gasteiger partial charge in [-0.15, -0.1) is 0 Å². The van der Waals surface area contributed by atoms with Crippen LogP contribution < -0.4 is 4.90 Å². The second-order valence-electron chi connectivity index (χ2n) is 3.74. The summed E-state index contributed by atoms with van der Waals surface area (Å²) in [5, 5.41) is 1.63. The van der Waals surface area contributed by atoms with Crippen LogP contribution in [0.3, 0.4) is 0 Å². The zero-order chi connectivity index (χ0) is 11.4. The van der Waals surface area contributed by atoms with Crippen molar-refractivity contribution in [3.8, 4) is 0 Å². The van der Waals surface area contributed by atoms with Crippen molar-refractivity contribution < 1.29 is 0 Å². The van der Waals surface area contributed by atoms with Gasteiger partial charge in [-0.05, 0) is 25.5 Å². The Labute approximate surface area is 106 Å². The Morgan fingerprint density at radius 3 is 2.67 bits per heavy atom. The van der Waals surface area contributed by atoms with Gasteiger partial charge in [-0.1, -0.05) is 40.5 Å². The highest BCUT2D eigenvalue weighted by atomic mass is 79.9. The van der Waals surface area contributed by atoms with Crippen molar-refractivity contribution in [3.63, 3.8) is 0 Å². The quantitative estimate of drug-likeness (QED) is 0.740. The molecule has 3 heteroatoms. The highest BCUT2D eigenvalue weighted by molar-refractivity contribution is 9.08. The Bertz CT molecular complexity index is 327. The fraction of sp³-hybridized carbons (Fsp3) is 0.500. The van der Waals surface area contributed by atoms with Gasteiger partial charge in [-0.25, -0.2) is 0 Å². The van der Waals surface area contributed by atoms with Gasteiger partial charge in [-0.2, -0.15) is 0 Å². The minimum absolute atomic E-state index is 0.529. The van der Waals surface area contributed by atoms with Crippen LogP contribution in [-0.4, -0.2) is 13.1 Å². The first kappa shape index (κ1) is 12.9. The molecule has 0 aromatic heterocycles. The molecule has 1 atom stereocenters. The van der Waals surface area contributed by atoms with Crippen LogP contribution >= 0.6 is 27.5 Å². The van der Waals surface area contributed by atoms with Crippen LogP contribution in [0.2, 0.25) is 5.02 Å². The van der Waals surface area contributed by atoms with Gasteiger partial charge in [-0.3, -0.25) is 0 Å². The summed E-state index contributed by atoms with van der Waals surface area (Å²) in [6.45, 7) is 4.42. The first-order valence-electron chi connectivity index (χ1n) is 5.18. The SMILES string of the molecule is CCC(C)N(C)c1cccc(Cl)c1CBr. The van der Waals surface area contributed by atoms with Gasteiger partial charge in [0.1, 0.15) is 0 Å². The van der Waals surface area contributed by atoms with E-state index in [4.69, 9.17) is 11.6 Å². The lowest BCUT2D eigenvalue weighted by molar-refractivity contribution is 0.662. The Balaban J connectivity index is 3.07. The molecule has 1 rings (SSSR count). The number of alkyl halides is 1. The molecule has 0 heterocycles. The molecule has 0 saturated carbocycles. The number of halogens is 2. The normalized spacial score (nSPS) is 12.6. The third kappa shape index (κ3) is 2.88. The molecular weight excluding hydrogens is 273 g/mol. The molecule has 0 spiro atoms. The molecule has 1 aromatic carbocycles. The molecule has 0 aliphatic carbocycles. The predicted molar refractivity (Wildman–Crippen MR) is 72.2 cm³/mol. The lowest BCUT2D eigenvalue weighted by atomic mass is 10.1. The van der Waals surface area contributed by atoms with Crippen molar-refractivity contribution in [2.75, 3.05) is 11.9 Å². The van der Waals surface area contributed by atoms with Crippen molar-refractivity contribution >= 4 is 33.2 Å². The van der Waals surface area contributed by atoms with E-state index in [0.717, 1.165) is 16.8 Å². The summed E-state index contributed by atoms with van der Waals surface area (Å²) in [4.78, 5) is 2.28. The second kappa shape index (κ2) is 5.76. The molecule has 1 nitrogen and oxygen atoms in total. The molecule has 0 bridgehead atoms. The Morgan fingerprint density at radius 2 is 2.13 bits per heavy atom. The van der Waals surface area contributed by atoms with Crippen LogP contribution in [-0.2, 0) is 5.33 Å². The predicted octanol–water partition coefficient (Wildman–Crippen LogP) is 4.47. The summed E-state index contributed by atoms with van der Waals surface area (Å²) in [6, 6.07) is 6.59. The third-order valence-electron chi connectivity index (χ3n) is 2.86. The Hall–Kier alpha value is -0.210. The van der Waals surface area contributed by atoms with E-state index in [9.17, 15) is 0 Å². The molecule has 1 aromatic rings. The molecule has 0 amide bonds. The number of rotatable bonds is 4. The van der Waals surface area contributed by atoms with E-state index < -0.39 is 0 Å². The van der Waals surface area contributed by atoms with Crippen LogP contribution in [0.1, 0.15) is 25.8 Å². The van der Waals surface area contributed by atoms with Crippen LogP contribution in [0.25, 0.3) is 0 Å². The van der Waals surface area contributed by atoms with Gasteiger partial charge < -0.3 is 4.90 Å². The summed E-state index contributed by atoms with van der Waals surface area (Å²) in [6.07, 6.45) is 1.13. The van der Waals surface area contributed by atoms with Crippen LogP contribution in [0.15, 0.2) is 18.2 Å². The van der Waals surface area contributed by atoms with Gasteiger partial charge in [0, 0.05) is 34.7 Å². The number of benzene rings is 1. The molecule has 0 aliphatic heterocycles. The lowest BCUT2D eigenvalue weighted by Gasteiger charge is -2.28. The van der Waals surface area contributed by atoms with Gasteiger partial charge in [0.2, 0.25) is 0 Å². The zero-order valence-electron chi connectivity index (χ0n) is 9.43. The van der Waals surface area contributed by atoms with Crippen LogP contribution in [0.4, 0.5) is 5.69 Å². The molecule has 0 fully saturated rings. The van der Waals surface area contributed by atoms with E-state index in [-0.39, 0.29) is 0 Å². The van der Waals surface area contributed by atoms with Gasteiger partial charge >= 0.3 is 0 Å². The summed E-state index contributed by atoms with van der Waals surface area (Å²) in [5.74, 6) is 0. The van der Waals surface area contributed by atoms with E-state index in [1.165, 1.54) is 11.3 Å². The second-order valence-corrected chi connectivity index (χ2v) is 4.71. The van der Waals surface area contributed by atoms with E-state index in [0.29, 0.717) is 6.04 Å². The van der Waals surface area contributed by atoms with Crippen molar-refractivity contribution in [3.05, 3.63) is 28.8 Å². The van der Waals surface area contributed by atoms with E-state index >= 15 is 0 Å². The van der Waals surface area contributed by atoms with E-state index in [2.05, 4.69) is 47.8 Å². The fourth-order valence-corrected chi connectivity index (χ4v) is 2.51. The standard InChI is InChI=1S/C12H17BrClN/c1-4-9(2)15(3)12-7-5-6-11(14)10(12)8-13/h5-7,9H,4,8H2,1-3H3. The third-order valence-corrected chi connectivity index (χ3v) is 3.77. The zero-order valence-corrected chi connectivity index (χ0v) is 11.8. The molecule has 84 valence electrons. The first-order chi connectivity index (χ1) is 7.11. The summed E-state index contributed by atoms with van der Waals surface area (Å²) >= 11 is 9.65. The van der Waals surface area contributed by atoms with Crippen molar-refractivity contribution in [2.45, 2.75) is 31.6 Å². The van der Waals surface area contributed by atoms with Gasteiger partial charge in [0.15, 0.2) is 0 Å². The first-order valence-corrected chi connectivity index (χ1v) is 6.67. The number of hydrogen-bond donors (Lipinski definition) is 0. The molecule has 15 heavy (non-hydrogen) atoms. The highest BCUT2D eigenvalue weighted by Gasteiger charge is 2.13. The van der Waals surface area contributed by atoms with Crippen LogP contribution in [0, 0.1) is 0 Å². The van der Waals surface area contributed by atoms with Gasteiger partial charge in [0.25, 0.3) is 0 Å². The average Bonchev–Trinajstić information content (AvgIpc) is 2.26.